The van der Waals surface area contributed by atoms with Crippen molar-refractivity contribution in [2.45, 2.75) is 103 Å². The molecule has 1 aromatic rings. The second kappa shape index (κ2) is 16.8. The van der Waals surface area contributed by atoms with Crippen LogP contribution in [0.2, 0.25) is 0 Å². The van der Waals surface area contributed by atoms with Gasteiger partial charge in [0, 0.05) is 13.2 Å². The Labute approximate surface area is 254 Å². The Bertz CT molecular complexity index is 1120. The SMILES string of the molecule is COC(=O)P(C)(=O)OC(CC1CCCCC1)NC(=O)[C@@](N)(CCCCNC(=O)OCc1ccccc1)C(=O)OC(C)(C)C. The van der Waals surface area contributed by atoms with Gasteiger partial charge in [-0.1, -0.05) is 62.4 Å². The molecule has 43 heavy (non-hydrogen) atoms. The van der Waals surface area contributed by atoms with E-state index >= 15 is 0 Å². The van der Waals surface area contributed by atoms with Crippen LogP contribution >= 0.6 is 7.37 Å². The molecule has 0 bridgehead atoms. The van der Waals surface area contributed by atoms with Gasteiger partial charge in [0.05, 0.1) is 7.11 Å². The molecule has 0 spiro atoms. The fourth-order valence-corrected chi connectivity index (χ4v) is 5.79. The van der Waals surface area contributed by atoms with Gasteiger partial charge in [0.1, 0.15) is 18.4 Å². The number of carbonyl (C=O) groups excluding carboxylic acids is 4. The lowest BCUT2D eigenvalue weighted by Gasteiger charge is -2.33. The zero-order valence-electron chi connectivity index (χ0n) is 26.0. The fraction of sp³-hybridized carbons (Fsp3) is 0.667. The number of esters is 1. The first kappa shape index (κ1) is 36.2. The Kier molecular flexibility index (Phi) is 14.1. The first-order valence-corrected chi connectivity index (χ1v) is 16.9. The summed E-state index contributed by atoms with van der Waals surface area (Å²) in [5, 5.41) is 5.28. The zero-order chi connectivity index (χ0) is 32.1. The number of benzene rings is 1. The Hall–Kier alpha value is -2.95. The predicted molar refractivity (Wildman–Crippen MR) is 161 cm³/mol. The standard InChI is InChI=1S/C30H48N3O9P/c1-29(2,3)41-26(35)30(31,18-12-13-19-32-27(36)40-21-23-16-10-7-11-17-23)25(34)33-24(20-22-14-8-6-9-15-22)42-43(5,38)28(37)39-4/h7,10-11,16-17,22,24H,6,8-9,12-15,18-21,31H2,1-5H3,(H,32,36)(H,33,34)/t24?,30-,43?/m0/s1. The summed E-state index contributed by atoms with van der Waals surface area (Å²) in [6, 6.07) is 9.25. The monoisotopic (exact) mass is 625 g/mol. The second-order valence-corrected chi connectivity index (χ2v) is 14.3. The number of rotatable bonds is 15. The minimum atomic E-state index is -3.92. The molecule has 2 rings (SSSR count). The Morgan fingerprint density at radius 3 is 2.30 bits per heavy atom. The van der Waals surface area contributed by atoms with E-state index in [1.165, 1.54) is 0 Å². The molecule has 0 aromatic heterocycles. The van der Waals surface area contributed by atoms with Crippen LogP contribution in [-0.4, -0.2) is 61.4 Å². The normalized spacial score (nSPS) is 17.4. The summed E-state index contributed by atoms with van der Waals surface area (Å²) in [7, 11) is -2.82. The molecular formula is C30H48N3O9P. The molecule has 2 amide bonds. The molecule has 3 atom stereocenters. The van der Waals surface area contributed by atoms with E-state index in [4.69, 9.17) is 19.7 Å². The largest absolute Gasteiger partial charge is 0.462 e. The van der Waals surface area contributed by atoms with Crippen molar-refractivity contribution in [3.63, 3.8) is 0 Å². The van der Waals surface area contributed by atoms with E-state index < -0.39 is 48.4 Å². The van der Waals surface area contributed by atoms with Crippen LogP contribution in [0.3, 0.4) is 0 Å². The van der Waals surface area contributed by atoms with Gasteiger partial charge in [0.25, 0.3) is 5.91 Å². The number of carbonyl (C=O) groups is 4. The van der Waals surface area contributed by atoms with Crippen LogP contribution in [0.15, 0.2) is 30.3 Å². The van der Waals surface area contributed by atoms with E-state index in [-0.39, 0.29) is 31.9 Å². The molecule has 12 nitrogen and oxygen atoms in total. The van der Waals surface area contributed by atoms with Gasteiger partial charge in [-0.2, -0.15) is 0 Å². The van der Waals surface area contributed by atoms with Crippen molar-refractivity contribution < 1.29 is 42.5 Å². The topological polar surface area (TPSA) is 172 Å². The average molecular weight is 626 g/mol. The van der Waals surface area contributed by atoms with Gasteiger partial charge in [-0.3, -0.25) is 13.9 Å². The van der Waals surface area contributed by atoms with Crippen LogP contribution in [0.25, 0.3) is 0 Å². The van der Waals surface area contributed by atoms with Gasteiger partial charge in [-0.25, -0.2) is 14.4 Å². The van der Waals surface area contributed by atoms with Crippen LogP contribution < -0.4 is 16.4 Å². The molecule has 0 radical (unpaired) electrons. The maximum atomic E-state index is 13.6. The van der Waals surface area contributed by atoms with Crippen LogP contribution in [0.5, 0.6) is 0 Å². The Morgan fingerprint density at radius 1 is 1.05 bits per heavy atom. The molecule has 0 aliphatic heterocycles. The van der Waals surface area contributed by atoms with Gasteiger partial charge in [-0.05, 0) is 57.9 Å². The molecule has 4 N–H and O–H groups in total. The molecule has 0 saturated heterocycles. The number of unbranched alkanes of at least 4 members (excludes halogenated alkanes) is 1. The van der Waals surface area contributed by atoms with Gasteiger partial charge in [-0.15, -0.1) is 0 Å². The number of ether oxygens (including phenoxy) is 3. The van der Waals surface area contributed by atoms with Gasteiger partial charge < -0.3 is 30.6 Å². The highest BCUT2D eigenvalue weighted by Gasteiger charge is 2.46. The van der Waals surface area contributed by atoms with Crippen molar-refractivity contribution in [3.8, 4) is 0 Å². The number of nitrogens with two attached hydrogens (primary N) is 1. The molecule has 1 aromatic carbocycles. The molecule has 1 fully saturated rings. The summed E-state index contributed by atoms with van der Waals surface area (Å²) in [6.07, 6.45) is 4.04. The van der Waals surface area contributed by atoms with Gasteiger partial charge in [0.15, 0.2) is 5.54 Å². The summed E-state index contributed by atoms with van der Waals surface area (Å²) >= 11 is 0. The molecule has 1 saturated carbocycles. The lowest BCUT2D eigenvalue weighted by Crippen LogP contribution is -2.62. The van der Waals surface area contributed by atoms with E-state index in [0.29, 0.717) is 12.8 Å². The van der Waals surface area contributed by atoms with Crippen molar-refractivity contribution in [3.05, 3.63) is 35.9 Å². The van der Waals surface area contributed by atoms with E-state index in [1.54, 1.807) is 20.8 Å². The zero-order valence-corrected chi connectivity index (χ0v) is 26.9. The lowest BCUT2D eigenvalue weighted by atomic mass is 9.86. The summed E-state index contributed by atoms with van der Waals surface area (Å²) in [5.74, 6) is -1.64. The molecule has 242 valence electrons. The third-order valence-corrected chi connectivity index (χ3v) is 8.55. The van der Waals surface area contributed by atoms with E-state index in [1.807, 2.05) is 30.3 Å². The smallest absolute Gasteiger partial charge is 0.407 e. The minimum absolute atomic E-state index is 0.106. The molecule has 2 unspecified atom stereocenters. The van der Waals surface area contributed by atoms with E-state index in [9.17, 15) is 23.7 Å². The first-order valence-electron chi connectivity index (χ1n) is 14.8. The van der Waals surface area contributed by atoms with E-state index in [0.717, 1.165) is 51.4 Å². The molecular weight excluding hydrogens is 577 g/mol. The number of hydrogen-bond donors (Lipinski definition) is 3. The van der Waals surface area contributed by atoms with E-state index in [2.05, 4.69) is 15.4 Å². The average Bonchev–Trinajstić information content (AvgIpc) is 2.95. The summed E-state index contributed by atoms with van der Waals surface area (Å²) in [5.41, 5.74) is 3.25. The van der Waals surface area contributed by atoms with Crippen molar-refractivity contribution in [1.29, 1.82) is 0 Å². The number of amides is 2. The van der Waals surface area contributed by atoms with Gasteiger partial charge >= 0.3 is 25.1 Å². The van der Waals surface area contributed by atoms with Crippen molar-refractivity contribution in [2.24, 2.45) is 11.7 Å². The maximum absolute atomic E-state index is 13.6. The second-order valence-electron chi connectivity index (χ2n) is 12.0. The van der Waals surface area contributed by atoms with Crippen LogP contribution in [-0.2, 0) is 39.5 Å². The molecule has 1 aliphatic rings. The van der Waals surface area contributed by atoms with Crippen LogP contribution in [0.4, 0.5) is 9.59 Å². The Balaban J connectivity index is 2.07. The maximum Gasteiger partial charge on any atom is 0.407 e. The predicted octanol–water partition coefficient (Wildman–Crippen LogP) is 5.23. The summed E-state index contributed by atoms with van der Waals surface area (Å²) in [4.78, 5) is 51.1. The van der Waals surface area contributed by atoms with Crippen molar-refractivity contribution in [2.75, 3.05) is 20.3 Å². The molecule has 1 aliphatic carbocycles. The molecule has 0 heterocycles. The highest BCUT2D eigenvalue weighted by atomic mass is 31.2. The number of nitrogens with one attached hydrogen (secondary N) is 2. The van der Waals surface area contributed by atoms with Crippen molar-refractivity contribution in [1.82, 2.24) is 10.6 Å². The number of alkyl carbamates (subject to hydrolysis) is 1. The highest BCUT2D eigenvalue weighted by Crippen LogP contribution is 2.46. The molecule has 13 heteroatoms. The Morgan fingerprint density at radius 2 is 1.70 bits per heavy atom. The summed E-state index contributed by atoms with van der Waals surface area (Å²) in [6.45, 7) is 6.46. The quantitative estimate of drug-likeness (QED) is 0.0585. The highest BCUT2D eigenvalue weighted by molar-refractivity contribution is 7.75. The number of hydrogen-bond acceptors (Lipinski definition) is 10. The van der Waals surface area contributed by atoms with Crippen molar-refractivity contribution >= 4 is 31.0 Å². The number of methoxy groups -OCH3 is 1. The van der Waals surface area contributed by atoms with Crippen LogP contribution in [0.1, 0.15) is 84.1 Å². The minimum Gasteiger partial charge on any atom is -0.462 e. The van der Waals surface area contributed by atoms with Gasteiger partial charge in [0.2, 0.25) is 0 Å². The fourth-order valence-electron chi connectivity index (χ4n) is 4.75. The first-order chi connectivity index (χ1) is 20.2. The summed E-state index contributed by atoms with van der Waals surface area (Å²) < 4.78 is 33.9. The third-order valence-electron chi connectivity index (χ3n) is 7.05. The van der Waals surface area contributed by atoms with Crippen LogP contribution in [0, 0.1) is 5.92 Å². The lowest BCUT2D eigenvalue weighted by molar-refractivity contribution is -0.165. The third kappa shape index (κ3) is 12.7.